The highest BCUT2D eigenvalue weighted by Crippen LogP contribution is 2.18. The van der Waals surface area contributed by atoms with E-state index in [2.05, 4.69) is 10.3 Å². The lowest BCUT2D eigenvalue weighted by atomic mass is 10.1. The summed E-state index contributed by atoms with van der Waals surface area (Å²) in [6, 6.07) is 5.20. The molecule has 1 aliphatic heterocycles. The van der Waals surface area contributed by atoms with Crippen LogP contribution < -0.4 is 10.2 Å². The number of aromatic nitrogens is 1. The van der Waals surface area contributed by atoms with Crippen molar-refractivity contribution in [3.8, 4) is 0 Å². The van der Waals surface area contributed by atoms with Crippen LogP contribution in [-0.2, 0) is 4.79 Å². The summed E-state index contributed by atoms with van der Waals surface area (Å²) in [5.41, 5.74) is 0.0569. The van der Waals surface area contributed by atoms with Gasteiger partial charge >= 0.3 is 5.97 Å². The number of rotatable bonds is 3. The van der Waals surface area contributed by atoms with E-state index in [4.69, 9.17) is 5.11 Å². The van der Waals surface area contributed by atoms with E-state index in [1.54, 1.807) is 6.07 Å². The van der Waals surface area contributed by atoms with Crippen LogP contribution in [0.2, 0.25) is 0 Å². The Hall–Kier alpha value is -2.11. The molecule has 6 heteroatoms. The molecular weight excluding hydrogens is 246 g/mol. The van der Waals surface area contributed by atoms with Gasteiger partial charge < -0.3 is 15.3 Å². The average molecular weight is 263 g/mol. The number of carboxylic acid groups (broad SMARTS) is 1. The van der Waals surface area contributed by atoms with Crippen LogP contribution in [0.3, 0.4) is 0 Å². The second-order valence-electron chi connectivity index (χ2n) is 4.65. The highest BCUT2D eigenvalue weighted by molar-refractivity contribution is 5.85. The molecule has 0 aliphatic carbocycles. The van der Waals surface area contributed by atoms with Crippen molar-refractivity contribution in [1.29, 1.82) is 0 Å². The Bertz CT molecular complexity index is 482. The zero-order valence-electron chi connectivity index (χ0n) is 10.8. The maximum Gasteiger partial charge on any atom is 0.354 e. The number of nitrogens with one attached hydrogen (secondary N) is 1. The molecule has 1 aliphatic rings. The van der Waals surface area contributed by atoms with Crippen molar-refractivity contribution in [2.24, 2.45) is 0 Å². The Morgan fingerprint density at radius 1 is 1.37 bits per heavy atom. The van der Waals surface area contributed by atoms with E-state index in [-0.39, 0.29) is 17.6 Å². The number of nitrogens with zero attached hydrogens (tertiary/aromatic N) is 2. The largest absolute Gasteiger partial charge is 0.477 e. The molecule has 0 aromatic carbocycles. The Morgan fingerprint density at radius 3 is 2.63 bits per heavy atom. The van der Waals surface area contributed by atoms with Crippen molar-refractivity contribution in [2.45, 2.75) is 25.8 Å². The molecule has 102 valence electrons. The van der Waals surface area contributed by atoms with Crippen LogP contribution in [0.15, 0.2) is 18.2 Å². The summed E-state index contributed by atoms with van der Waals surface area (Å²) < 4.78 is 0. The van der Waals surface area contributed by atoms with E-state index >= 15 is 0 Å². The van der Waals surface area contributed by atoms with E-state index in [1.807, 2.05) is 11.0 Å². The number of hydrogen-bond acceptors (Lipinski definition) is 4. The minimum Gasteiger partial charge on any atom is -0.477 e. The van der Waals surface area contributed by atoms with Crippen LogP contribution in [0.25, 0.3) is 0 Å². The Morgan fingerprint density at radius 2 is 2.05 bits per heavy atom. The second kappa shape index (κ2) is 5.69. The topological polar surface area (TPSA) is 82.5 Å². The fraction of sp³-hybridized carbons (Fsp3) is 0.462. The quantitative estimate of drug-likeness (QED) is 0.846. The zero-order chi connectivity index (χ0) is 13.8. The summed E-state index contributed by atoms with van der Waals surface area (Å²) in [5, 5.41) is 11.8. The molecule has 1 fully saturated rings. The molecule has 1 aromatic rings. The SMILES string of the molecule is CC(=O)NC1CCN(c2cccc(C(=O)O)n2)CC1. The van der Waals surface area contributed by atoms with Gasteiger partial charge in [-0.15, -0.1) is 0 Å². The molecule has 0 atom stereocenters. The van der Waals surface area contributed by atoms with E-state index < -0.39 is 5.97 Å². The molecule has 19 heavy (non-hydrogen) atoms. The maximum absolute atomic E-state index is 11.0. The van der Waals surface area contributed by atoms with Gasteiger partial charge in [0.2, 0.25) is 5.91 Å². The Labute approximate surface area is 111 Å². The van der Waals surface area contributed by atoms with Crippen LogP contribution >= 0.6 is 0 Å². The van der Waals surface area contributed by atoms with Crippen LogP contribution in [0.4, 0.5) is 5.82 Å². The molecule has 2 rings (SSSR count). The van der Waals surface area contributed by atoms with E-state index in [9.17, 15) is 9.59 Å². The normalized spacial score (nSPS) is 16.2. The molecule has 0 unspecified atom stereocenters. The highest BCUT2D eigenvalue weighted by Gasteiger charge is 2.21. The van der Waals surface area contributed by atoms with E-state index in [1.165, 1.54) is 13.0 Å². The van der Waals surface area contributed by atoms with Gasteiger partial charge in [0.1, 0.15) is 5.82 Å². The van der Waals surface area contributed by atoms with Crippen LogP contribution in [0, 0.1) is 0 Å². The van der Waals surface area contributed by atoms with Gasteiger partial charge in [-0.05, 0) is 25.0 Å². The van der Waals surface area contributed by atoms with Gasteiger partial charge in [0.25, 0.3) is 0 Å². The number of anilines is 1. The Kier molecular flexibility index (Phi) is 3.99. The monoisotopic (exact) mass is 263 g/mol. The second-order valence-corrected chi connectivity index (χ2v) is 4.65. The third-order valence-corrected chi connectivity index (χ3v) is 3.18. The summed E-state index contributed by atoms with van der Waals surface area (Å²) in [6.45, 7) is 3.05. The van der Waals surface area contributed by atoms with Crippen LogP contribution in [0.5, 0.6) is 0 Å². The molecule has 6 nitrogen and oxygen atoms in total. The van der Waals surface area contributed by atoms with Crippen LogP contribution in [0.1, 0.15) is 30.3 Å². The smallest absolute Gasteiger partial charge is 0.354 e. The van der Waals surface area contributed by atoms with Gasteiger partial charge in [0, 0.05) is 26.1 Å². The first-order chi connectivity index (χ1) is 9.06. The molecule has 0 spiro atoms. The minimum absolute atomic E-state index is 0.00977. The van der Waals surface area contributed by atoms with Gasteiger partial charge in [-0.3, -0.25) is 4.79 Å². The van der Waals surface area contributed by atoms with Gasteiger partial charge in [-0.25, -0.2) is 9.78 Å². The molecule has 1 aromatic heterocycles. The number of pyridine rings is 1. The summed E-state index contributed by atoms with van der Waals surface area (Å²) in [7, 11) is 0. The highest BCUT2D eigenvalue weighted by atomic mass is 16.4. The van der Waals surface area contributed by atoms with Crippen molar-refractivity contribution in [3.63, 3.8) is 0 Å². The third-order valence-electron chi connectivity index (χ3n) is 3.18. The number of carbonyl (C=O) groups excluding carboxylic acids is 1. The average Bonchev–Trinajstić information content (AvgIpc) is 2.39. The summed E-state index contributed by atoms with van der Waals surface area (Å²) >= 11 is 0. The molecular formula is C13H17N3O3. The van der Waals surface area contributed by atoms with E-state index in [0.29, 0.717) is 5.82 Å². The van der Waals surface area contributed by atoms with Crippen molar-refractivity contribution in [1.82, 2.24) is 10.3 Å². The van der Waals surface area contributed by atoms with Crippen LogP contribution in [-0.4, -0.2) is 41.1 Å². The zero-order valence-corrected chi connectivity index (χ0v) is 10.8. The lowest BCUT2D eigenvalue weighted by Crippen LogP contribution is -2.44. The number of carbonyl (C=O) groups is 2. The molecule has 0 saturated carbocycles. The summed E-state index contributed by atoms with van der Waals surface area (Å²) in [6.07, 6.45) is 1.69. The van der Waals surface area contributed by atoms with Gasteiger partial charge in [-0.1, -0.05) is 6.07 Å². The number of piperidine rings is 1. The molecule has 0 radical (unpaired) electrons. The first kappa shape index (κ1) is 13.3. The predicted octanol–water partition coefficient (Wildman–Crippen LogP) is 0.885. The first-order valence-corrected chi connectivity index (χ1v) is 6.28. The lowest BCUT2D eigenvalue weighted by molar-refractivity contribution is -0.119. The molecule has 0 bridgehead atoms. The predicted molar refractivity (Wildman–Crippen MR) is 70.2 cm³/mol. The van der Waals surface area contributed by atoms with Gasteiger partial charge in [0.15, 0.2) is 5.69 Å². The maximum atomic E-state index is 11.0. The standard InChI is InChI=1S/C13H17N3O3/c1-9(17)14-10-5-7-16(8-6-10)12-4-2-3-11(15-12)13(18)19/h2-4,10H,5-8H2,1H3,(H,14,17)(H,18,19). The number of carboxylic acids is 1. The van der Waals surface area contributed by atoms with E-state index in [0.717, 1.165) is 25.9 Å². The number of hydrogen-bond donors (Lipinski definition) is 2. The molecule has 1 amide bonds. The fourth-order valence-electron chi connectivity index (χ4n) is 2.26. The number of amides is 1. The summed E-state index contributed by atoms with van der Waals surface area (Å²) in [4.78, 5) is 28.0. The Balaban J connectivity index is 1.99. The van der Waals surface area contributed by atoms with Gasteiger partial charge in [0.05, 0.1) is 0 Å². The van der Waals surface area contributed by atoms with Crippen molar-refractivity contribution < 1.29 is 14.7 Å². The first-order valence-electron chi connectivity index (χ1n) is 6.28. The van der Waals surface area contributed by atoms with Crippen molar-refractivity contribution in [3.05, 3.63) is 23.9 Å². The van der Waals surface area contributed by atoms with Crippen molar-refractivity contribution in [2.75, 3.05) is 18.0 Å². The van der Waals surface area contributed by atoms with Gasteiger partial charge in [-0.2, -0.15) is 0 Å². The number of aromatic carboxylic acids is 1. The third kappa shape index (κ3) is 3.43. The van der Waals surface area contributed by atoms with Crippen molar-refractivity contribution >= 4 is 17.7 Å². The molecule has 2 heterocycles. The minimum atomic E-state index is -1.02. The molecule has 2 N–H and O–H groups in total. The fourth-order valence-corrected chi connectivity index (χ4v) is 2.26. The lowest BCUT2D eigenvalue weighted by Gasteiger charge is -2.33. The molecule has 1 saturated heterocycles. The summed E-state index contributed by atoms with van der Waals surface area (Å²) in [5.74, 6) is -0.347.